The lowest BCUT2D eigenvalue weighted by atomic mass is 10.00. The van der Waals surface area contributed by atoms with Gasteiger partial charge in [-0.05, 0) is 61.1 Å². The number of nitrogens with one attached hydrogen (secondary N) is 1. The zero-order valence-electron chi connectivity index (χ0n) is 16.6. The van der Waals surface area contributed by atoms with Gasteiger partial charge in [-0.25, -0.2) is 4.79 Å². The quantitative estimate of drug-likeness (QED) is 0.334. The molecule has 0 atom stereocenters. The first-order chi connectivity index (χ1) is 14.3. The standard InChI is InChI=1S/C23H20N2O5/c1-13-3-4-15(9-14(13)2)5-6-16-7-8-20-19(10-16)24-22-18(23(26)27)11-17(25(28)29)12-21(22)30-20/h3-4,7-12,24H,5-6H2,1-2H3,(H,26,27). The van der Waals surface area contributed by atoms with Crippen molar-refractivity contribution >= 4 is 23.0 Å². The second-order valence-electron chi connectivity index (χ2n) is 7.40. The van der Waals surface area contributed by atoms with Crippen LogP contribution in [0.4, 0.5) is 17.1 Å². The van der Waals surface area contributed by atoms with Crippen molar-refractivity contribution in [2.45, 2.75) is 26.7 Å². The number of aromatic carboxylic acids is 1. The van der Waals surface area contributed by atoms with Crippen molar-refractivity contribution in [2.24, 2.45) is 0 Å². The molecule has 0 aliphatic carbocycles. The van der Waals surface area contributed by atoms with E-state index in [-0.39, 0.29) is 22.7 Å². The highest BCUT2D eigenvalue weighted by Gasteiger charge is 2.26. The molecular weight excluding hydrogens is 384 g/mol. The van der Waals surface area contributed by atoms with E-state index in [0.717, 1.165) is 24.5 Å². The number of nitro groups is 1. The monoisotopic (exact) mass is 404 g/mol. The number of nitro benzene ring substituents is 1. The fraction of sp³-hybridized carbons (Fsp3) is 0.174. The van der Waals surface area contributed by atoms with Gasteiger partial charge >= 0.3 is 5.97 Å². The maximum atomic E-state index is 11.6. The number of hydrogen-bond acceptors (Lipinski definition) is 5. The largest absolute Gasteiger partial charge is 0.478 e. The highest BCUT2D eigenvalue weighted by Crippen LogP contribution is 2.45. The number of benzene rings is 3. The summed E-state index contributed by atoms with van der Waals surface area (Å²) in [7, 11) is 0. The summed E-state index contributed by atoms with van der Waals surface area (Å²) in [5.41, 5.74) is 5.17. The van der Waals surface area contributed by atoms with Crippen LogP contribution in [-0.2, 0) is 12.8 Å². The molecule has 152 valence electrons. The number of anilines is 2. The molecule has 1 aliphatic rings. The van der Waals surface area contributed by atoms with Gasteiger partial charge in [0, 0.05) is 6.07 Å². The Hall–Kier alpha value is -3.87. The van der Waals surface area contributed by atoms with Crippen LogP contribution in [0.15, 0.2) is 48.5 Å². The number of fused-ring (bicyclic) bond motifs is 2. The van der Waals surface area contributed by atoms with E-state index >= 15 is 0 Å². The second kappa shape index (κ2) is 7.51. The maximum Gasteiger partial charge on any atom is 0.338 e. The van der Waals surface area contributed by atoms with Crippen LogP contribution in [0.25, 0.3) is 0 Å². The molecule has 2 N–H and O–H groups in total. The summed E-state index contributed by atoms with van der Waals surface area (Å²) in [6.07, 6.45) is 1.69. The minimum absolute atomic E-state index is 0.122. The van der Waals surface area contributed by atoms with Crippen LogP contribution >= 0.6 is 0 Å². The highest BCUT2D eigenvalue weighted by atomic mass is 16.6. The third-order valence-corrected chi connectivity index (χ3v) is 5.33. The first-order valence-electron chi connectivity index (χ1n) is 9.51. The van der Waals surface area contributed by atoms with Gasteiger partial charge < -0.3 is 15.2 Å². The smallest absolute Gasteiger partial charge is 0.338 e. The number of carbonyl (C=O) groups is 1. The van der Waals surface area contributed by atoms with E-state index in [1.165, 1.54) is 22.8 Å². The Bertz CT molecular complexity index is 1190. The zero-order valence-corrected chi connectivity index (χ0v) is 16.6. The lowest BCUT2D eigenvalue weighted by Gasteiger charge is -2.23. The Labute approximate surface area is 173 Å². The Kier molecular flexibility index (Phi) is 4.87. The van der Waals surface area contributed by atoms with E-state index in [0.29, 0.717) is 11.4 Å². The molecule has 7 heteroatoms. The summed E-state index contributed by atoms with van der Waals surface area (Å²) in [6.45, 7) is 4.19. The highest BCUT2D eigenvalue weighted by molar-refractivity contribution is 5.99. The molecule has 30 heavy (non-hydrogen) atoms. The van der Waals surface area contributed by atoms with Crippen LogP contribution in [0.3, 0.4) is 0 Å². The summed E-state index contributed by atoms with van der Waals surface area (Å²) in [4.78, 5) is 22.1. The molecule has 0 saturated carbocycles. The number of aryl methyl sites for hydroxylation is 4. The van der Waals surface area contributed by atoms with Crippen LogP contribution in [0.1, 0.15) is 32.6 Å². The molecule has 0 bridgehead atoms. The topological polar surface area (TPSA) is 102 Å². The van der Waals surface area contributed by atoms with E-state index in [1.807, 2.05) is 12.1 Å². The van der Waals surface area contributed by atoms with E-state index in [1.54, 1.807) is 6.07 Å². The van der Waals surface area contributed by atoms with Gasteiger partial charge in [0.25, 0.3) is 5.69 Å². The molecule has 0 radical (unpaired) electrons. The predicted octanol–water partition coefficient (Wildman–Crippen LogP) is 5.54. The third kappa shape index (κ3) is 3.69. The van der Waals surface area contributed by atoms with Gasteiger partial charge in [0.05, 0.1) is 27.9 Å². The summed E-state index contributed by atoms with van der Waals surface area (Å²) >= 11 is 0. The molecule has 1 aliphatic heterocycles. The maximum absolute atomic E-state index is 11.6. The summed E-state index contributed by atoms with van der Waals surface area (Å²) < 4.78 is 5.78. The molecule has 0 aromatic heterocycles. The van der Waals surface area contributed by atoms with Crippen molar-refractivity contribution in [3.05, 3.63) is 86.5 Å². The van der Waals surface area contributed by atoms with Gasteiger partial charge in [-0.15, -0.1) is 0 Å². The average Bonchev–Trinajstić information content (AvgIpc) is 2.72. The van der Waals surface area contributed by atoms with Gasteiger partial charge in [0.1, 0.15) is 0 Å². The van der Waals surface area contributed by atoms with E-state index in [2.05, 4.69) is 37.4 Å². The van der Waals surface area contributed by atoms with Gasteiger partial charge in [0.15, 0.2) is 11.5 Å². The van der Waals surface area contributed by atoms with Crippen molar-refractivity contribution < 1.29 is 19.6 Å². The number of hydrogen-bond donors (Lipinski definition) is 2. The lowest BCUT2D eigenvalue weighted by molar-refractivity contribution is -0.384. The molecule has 1 heterocycles. The molecule has 4 rings (SSSR count). The fourth-order valence-corrected chi connectivity index (χ4v) is 3.50. The number of carboxylic acids is 1. The van der Waals surface area contributed by atoms with Crippen LogP contribution in [-0.4, -0.2) is 16.0 Å². The number of non-ortho nitro benzene ring substituents is 1. The van der Waals surface area contributed by atoms with Gasteiger partial charge in [-0.2, -0.15) is 0 Å². The van der Waals surface area contributed by atoms with Crippen molar-refractivity contribution in [3.63, 3.8) is 0 Å². The number of carboxylic acid groups (broad SMARTS) is 1. The Morgan fingerprint density at radius 3 is 2.37 bits per heavy atom. The molecular formula is C23H20N2O5. The van der Waals surface area contributed by atoms with Crippen molar-refractivity contribution in [1.82, 2.24) is 0 Å². The molecule has 7 nitrogen and oxygen atoms in total. The Morgan fingerprint density at radius 1 is 1.00 bits per heavy atom. The molecule has 0 amide bonds. The first-order valence-corrected chi connectivity index (χ1v) is 9.51. The third-order valence-electron chi connectivity index (χ3n) is 5.33. The Balaban J connectivity index is 1.60. The first kappa shape index (κ1) is 19.4. The zero-order chi connectivity index (χ0) is 21.4. The van der Waals surface area contributed by atoms with Gasteiger partial charge in [-0.3, -0.25) is 10.1 Å². The van der Waals surface area contributed by atoms with Crippen LogP contribution in [0.5, 0.6) is 11.5 Å². The van der Waals surface area contributed by atoms with Gasteiger partial charge in [-0.1, -0.05) is 24.3 Å². The molecule has 0 saturated heterocycles. The van der Waals surface area contributed by atoms with Gasteiger partial charge in [0.2, 0.25) is 0 Å². The van der Waals surface area contributed by atoms with Crippen LogP contribution < -0.4 is 10.1 Å². The minimum Gasteiger partial charge on any atom is -0.478 e. The average molecular weight is 404 g/mol. The molecule has 0 spiro atoms. The van der Waals surface area contributed by atoms with Crippen molar-refractivity contribution in [3.8, 4) is 11.5 Å². The fourth-order valence-electron chi connectivity index (χ4n) is 3.50. The molecule has 3 aromatic rings. The summed E-state index contributed by atoms with van der Waals surface area (Å²) in [5.74, 6) is -0.647. The summed E-state index contributed by atoms with van der Waals surface area (Å²) in [6, 6.07) is 14.4. The van der Waals surface area contributed by atoms with Crippen LogP contribution in [0.2, 0.25) is 0 Å². The normalized spacial score (nSPS) is 11.7. The van der Waals surface area contributed by atoms with Crippen LogP contribution in [0, 0.1) is 24.0 Å². The molecule has 0 unspecified atom stereocenters. The Morgan fingerprint density at radius 2 is 1.70 bits per heavy atom. The van der Waals surface area contributed by atoms with E-state index in [9.17, 15) is 20.0 Å². The predicted molar refractivity (Wildman–Crippen MR) is 113 cm³/mol. The summed E-state index contributed by atoms with van der Waals surface area (Å²) in [5, 5.41) is 23.7. The number of nitrogens with zero attached hydrogens (tertiary/aromatic N) is 1. The molecule has 0 fully saturated rings. The lowest BCUT2D eigenvalue weighted by Crippen LogP contribution is -2.10. The minimum atomic E-state index is -1.26. The molecule has 3 aromatic carbocycles. The van der Waals surface area contributed by atoms with Crippen molar-refractivity contribution in [2.75, 3.05) is 5.32 Å². The van der Waals surface area contributed by atoms with E-state index < -0.39 is 10.9 Å². The van der Waals surface area contributed by atoms with Crippen molar-refractivity contribution in [1.29, 1.82) is 0 Å². The number of ether oxygens (including phenoxy) is 1. The van der Waals surface area contributed by atoms with E-state index in [4.69, 9.17) is 4.74 Å². The number of rotatable bonds is 5. The SMILES string of the molecule is Cc1ccc(CCc2ccc3c(c2)Nc2c(cc([N+](=O)[O-])cc2C(=O)O)O3)cc1C. The second-order valence-corrected chi connectivity index (χ2v) is 7.40.